The van der Waals surface area contributed by atoms with Gasteiger partial charge in [0.1, 0.15) is 5.69 Å². The third-order valence-electron chi connectivity index (χ3n) is 2.92. The molecule has 0 fully saturated rings. The second-order valence-electron chi connectivity index (χ2n) is 4.08. The van der Waals surface area contributed by atoms with Gasteiger partial charge in [0.05, 0.1) is 10.0 Å². The molecule has 0 atom stereocenters. The van der Waals surface area contributed by atoms with Crippen LogP contribution in [0.15, 0.2) is 42.5 Å². The summed E-state index contributed by atoms with van der Waals surface area (Å²) in [6, 6.07) is 13.1. The highest BCUT2D eigenvalue weighted by Gasteiger charge is 2.13. The molecule has 2 aromatic carbocycles. The molecule has 0 amide bonds. The van der Waals surface area contributed by atoms with Crippen LogP contribution in [0, 0.1) is 0 Å². The van der Waals surface area contributed by atoms with E-state index in [9.17, 15) is 0 Å². The Morgan fingerprint density at radius 1 is 0.842 bits per heavy atom. The molecule has 0 aliphatic rings. The lowest BCUT2D eigenvalue weighted by Crippen LogP contribution is -1.97. The Kier molecular flexibility index (Phi) is 3.01. The summed E-state index contributed by atoms with van der Waals surface area (Å²) in [5.74, 6) is 0.400. The number of aromatic nitrogens is 2. The maximum atomic E-state index is 6.24. The van der Waals surface area contributed by atoms with Crippen molar-refractivity contribution in [2.45, 2.75) is 0 Å². The summed E-state index contributed by atoms with van der Waals surface area (Å²) in [6.45, 7) is 0. The first-order valence-electron chi connectivity index (χ1n) is 5.64. The van der Waals surface area contributed by atoms with Gasteiger partial charge in [-0.2, -0.15) is 0 Å². The van der Waals surface area contributed by atoms with Crippen molar-refractivity contribution >= 4 is 39.8 Å². The fraction of sp³-hybridized carbons (Fsp3) is 0. The number of hydrogen-bond acceptors (Lipinski definition) is 3. The number of halogens is 2. The Labute approximate surface area is 120 Å². The molecule has 3 nitrogen and oxygen atoms in total. The summed E-state index contributed by atoms with van der Waals surface area (Å²) in [5, 5.41) is 10.8. The number of fused-ring (bicyclic) bond motifs is 1. The van der Waals surface area contributed by atoms with Crippen molar-refractivity contribution < 1.29 is 0 Å². The second-order valence-corrected chi connectivity index (χ2v) is 4.87. The van der Waals surface area contributed by atoms with Gasteiger partial charge in [-0.1, -0.05) is 59.6 Å². The molecule has 0 saturated heterocycles. The summed E-state index contributed by atoms with van der Waals surface area (Å²) in [4.78, 5) is 0. The highest BCUT2D eigenvalue weighted by atomic mass is 35.5. The maximum absolute atomic E-state index is 6.24. The summed E-state index contributed by atoms with van der Waals surface area (Å²) < 4.78 is 0. The molecule has 3 rings (SSSR count). The first-order valence-corrected chi connectivity index (χ1v) is 6.39. The molecule has 0 saturated carbocycles. The quantitative estimate of drug-likeness (QED) is 0.731. The second kappa shape index (κ2) is 4.68. The van der Waals surface area contributed by atoms with Gasteiger partial charge >= 0.3 is 0 Å². The summed E-state index contributed by atoms with van der Waals surface area (Å²) in [7, 11) is 0. The van der Waals surface area contributed by atoms with E-state index >= 15 is 0 Å². The van der Waals surface area contributed by atoms with E-state index < -0.39 is 0 Å². The van der Waals surface area contributed by atoms with E-state index in [0.717, 1.165) is 16.3 Å². The van der Waals surface area contributed by atoms with E-state index in [4.69, 9.17) is 28.9 Å². The van der Waals surface area contributed by atoms with Crippen molar-refractivity contribution in [2.75, 3.05) is 5.73 Å². The average molecular weight is 290 g/mol. The van der Waals surface area contributed by atoms with Gasteiger partial charge in [-0.15, -0.1) is 10.2 Å². The van der Waals surface area contributed by atoms with Crippen LogP contribution in [0.4, 0.5) is 5.82 Å². The zero-order valence-electron chi connectivity index (χ0n) is 9.77. The molecule has 19 heavy (non-hydrogen) atoms. The lowest BCUT2D eigenvalue weighted by atomic mass is 10.0. The van der Waals surface area contributed by atoms with Crippen molar-refractivity contribution in [1.29, 1.82) is 0 Å². The zero-order valence-corrected chi connectivity index (χ0v) is 11.3. The van der Waals surface area contributed by atoms with Crippen LogP contribution in [-0.4, -0.2) is 10.2 Å². The number of nitrogens with zero attached hydrogens (tertiary/aromatic N) is 2. The zero-order chi connectivity index (χ0) is 13.4. The van der Waals surface area contributed by atoms with Gasteiger partial charge in [-0.3, -0.25) is 0 Å². The van der Waals surface area contributed by atoms with Crippen molar-refractivity contribution in [1.82, 2.24) is 10.2 Å². The molecule has 0 aliphatic carbocycles. The Bertz CT molecular complexity index is 772. The minimum absolute atomic E-state index is 0.400. The molecule has 94 valence electrons. The Balaban J connectivity index is 2.38. The van der Waals surface area contributed by atoms with Crippen LogP contribution in [0.2, 0.25) is 10.0 Å². The lowest BCUT2D eigenvalue weighted by molar-refractivity contribution is 1.07. The molecule has 5 heteroatoms. The Morgan fingerprint density at radius 2 is 1.58 bits per heavy atom. The van der Waals surface area contributed by atoms with Gasteiger partial charge in [0.25, 0.3) is 0 Å². The first kappa shape index (κ1) is 12.2. The molecule has 0 aliphatic heterocycles. The predicted molar refractivity (Wildman–Crippen MR) is 79.4 cm³/mol. The largest absolute Gasteiger partial charge is 0.382 e. The van der Waals surface area contributed by atoms with Gasteiger partial charge in [0.15, 0.2) is 5.82 Å². The normalized spacial score (nSPS) is 10.8. The molecule has 1 aromatic heterocycles. The fourth-order valence-corrected chi connectivity index (χ4v) is 2.40. The summed E-state index contributed by atoms with van der Waals surface area (Å²) in [5.41, 5.74) is 7.26. The molecular formula is C14H9Cl2N3. The lowest BCUT2D eigenvalue weighted by Gasteiger charge is -2.09. The van der Waals surface area contributed by atoms with Crippen molar-refractivity contribution in [3.63, 3.8) is 0 Å². The number of nitrogens with two attached hydrogens (primary N) is 1. The van der Waals surface area contributed by atoms with Gasteiger partial charge in [0, 0.05) is 16.3 Å². The van der Waals surface area contributed by atoms with E-state index in [2.05, 4.69) is 10.2 Å². The van der Waals surface area contributed by atoms with Crippen LogP contribution in [-0.2, 0) is 0 Å². The van der Waals surface area contributed by atoms with Gasteiger partial charge < -0.3 is 5.73 Å². The van der Waals surface area contributed by atoms with E-state index in [-0.39, 0.29) is 0 Å². The summed E-state index contributed by atoms with van der Waals surface area (Å²) in [6.07, 6.45) is 0. The van der Waals surface area contributed by atoms with E-state index in [1.54, 1.807) is 6.07 Å². The molecule has 0 unspecified atom stereocenters. The smallest absolute Gasteiger partial charge is 0.154 e. The van der Waals surface area contributed by atoms with E-state index in [1.165, 1.54) is 0 Å². The molecule has 1 heterocycles. The molecule has 2 N–H and O–H groups in total. The SMILES string of the molecule is Nc1nnc(-c2cccc(Cl)c2Cl)c2ccccc12. The Morgan fingerprint density at radius 3 is 2.37 bits per heavy atom. The fourth-order valence-electron chi connectivity index (χ4n) is 2.01. The predicted octanol–water partition coefficient (Wildman–Crippen LogP) is 4.19. The third kappa shape index (κ3) is 2.01. The monoisotopic (exact) mass is 289 g/mol. The minimum Gasteiger partial charge on any atom is -0.382 e. The number of nitrogen functional groups attached to an aromatic ring is 1. The van der Waals surface area contributed by atoms with Crippen molar-refractivity contribution in [2.24, 2.45) is 0 Å². The van der Waals surface area contributed by atoms with Gasteiger partial charge in [-0.05, 0) is 6.07 Å². The number of rotatable bonds is 1. The van der Waals surface area contributed by atoms with Crippen LogP contribution in [0.25, 0.3) is 22.0 Å². The van der Waals surface area contributed by atoms with Crippen molar-refractivity contribution in [3.8, 4) is 11.3 Å². The average Bonchev–Trinajstić information content (AvgIpc) is 2.43. The maximum Gasteiger partial charge on any atom is 0.154 e. The standard InChI is InChI=1S/C14H9Cl2N3/c15-11-7-3-6-10(12(11)16)13-8-4-1-2-5-9(8)14(17)19-18-13/h1-7H,(H2,17,19). The third-order valence-corrected chi connectivity index (χ3v) is 3.74. The van der Waals surface area contributed by atoms with Gasteiger partial charge in [-0.25, -0.2) is 0 Å². The van der Waals surface area contributed by atoms with Crippen LogP contribution >= 0.6 is 23.2 Å². The van der Waals surface area contributed by atoms with Crippen LogP contribution < -0.4 is 5.73 Å². The van der Waals surface area contributed by atoms with Crippen LogP contribution in [0.1, 0.15) is 0 Å². The topological polar surface area (TPSA) is 51.8 Å². The molecular weight excluding hydrogens is 281 g/mol. The highest BCUT2D eigenvalue weighted by molar-refractivity contribution is 6.43. The number of benzene rings is 2. The Hall–Kier alpha value is -1.84. The van der Waals surface area contributed by atoms with Crippen LogP contribution in [0.3, 0.4) is 0 Å². The number of hydrogen-bond donors (Lipinski definition) is 1. The molecule has 3 aromatic rings. The molecule has 0 spiro atoms. The van der Waals surface area contributed by atoms with E-state index in [1.807, 2.05) is 36.4 Å². The van der Waals surface area contributed by atoms with Crippen LogP contribution in [0.5, 0.6) is 0 Å². The molecule has 0 bridgehead atoms. The highest BCUT2D eigenvalue weighted by Crippen LogP contribution is 2.36. The van der Waals surface area contributed by atoms with Crippen molar-refractivity contribution in [3.05, 3.63) is 52.5 Å². The first-order chi connectivity index (χ1) is 9.18. The van der Waals surface area contributed by atoms with Gasteiger partial charge in [0.2, 0.25) is 0 Å². The number of anilines is 1. The minimum atomic E-state index is 0.400. The van der Waals surface area contributed by atoms with E-state index in [0.29, 0.717) is 21.6 Å². The summed E-state index contributed by atoms with van der Waals surface area (Å²) >= 11 is 12.3. The molecule has 0 radical (unpaired) electrons.